The number of benzene rings is 1. The molecule has 0 saturated carbocycles. The summed E-state index contributed by atoms with van der Waals surface area (Å²) in [6, 6.07) is 6.76. The number of carbonyl (C=O) groups is 2. The number of carboxylic acid groups (broad SMARTS) is 1. The highest BCUT2D eigenvalue weighted by molar-refractivity contribution is 6.62. The summed E-state index contributed by atoms with van der Waals surface area (Å²) in [7, 11) is -0.577. The predicted molar refractivity (Wildman–Crippen MR) is 115 cm³/mol. The number of carboxylic acids is 1. The molecule has 8 heteroatoms. The maximum Gasteiger partial charge on any atom is 0.494 e. The van der Waals surface area contributed by atoms with Crippen molar-refractivity contribution in [1.29, 1.82) is 0 Å². The van der Waals surface area contributed by atoms with E-state index in [-0.39, 0.29) is 5.69 Å². The first-order valence-electron chi connectivity index (χ1n) is 10.3. The van der Waals surface area contributed by atoms with Crippen LogP contribution in [0.1, 0.15) is 71.8 Å². The second-order valence-corrected chi connectivity index (χ2v) is 9.45. The van der Waals surface area contributed by atoms with Gasteiger partial charge in [-0.05, 0) is 65.6 Å². The smallest absolute Gasteiger partial charge is 0.477 e. The molecule has 1 aromatic carbocycles. The van der Waals surface area contributed by atoms with Gasteiger partial charge in [-0.1, -0.05) is 25.5 Å². The van der Waals surface area contributed by atoms with Crippen LogP contribution in [0.4, 0.5) is 4.79 Å². The van der Waals surface area contributed by atoms with Crippen LogP contribution in [0.15, 0.2) is 24.3 Å². The van der Waals surface area contributed by atoms with E-state index in [1.165, 1.54) is 6.07 Å². The third-order valence-corrected chi connectivity index (χ3v) is 5.97. The fourth-order valence-electron chi connectivity index (χ4n) is 3.65. The predicted octanol–water partition coefficient (Wildman–Crippen LogP) is 4.20. The van der Waals surface area contributed by atoms with E-state index in [1.54, 1.807) is 18.2 Å². The zero-order chi connectivity index (χ0) is 22.5. The van der Waals surface area contributed by atoms with E-state index in [9.17, 15) is 14.7 Å². The van der Waals surface area contributed by atoms with Crippen LogP contribution in [-0.4, -0.2) is 45.7 Å². The van der Waals surface area contributed by atoms with Gasteiger partial charge in [-0.25, -0.2) is 14.2 Å². The normalized spacial score (nSPS) is 18.0. The number of carbonyl (C=O) groups excluding carboxylic acids is 1. The van der Waals surface area contributed by atoms with Crippen LogP contribution in [0.2, 0.25) is 0 Å². The van der Waals surface area contributed by atoms with Crippen molar-refractivity contribution in [2.45, 2.75) is 78.1 Å². The van der Waals surface area contributed by atoms with Gasteiger partial charge in [0, 0.05) is 5.39 Å². The van der Waals surface area contributed by atoms with E-state index in [1.807, 2.05) is 48.5 Å². The zero-order valence-electron chi connectivity index (χ0n) is 18.7. The second kappa shape index (κ2) is 7.43. The molecule has 1 aliphatic rings. The van der Waals surface area contributed by atoms with Gasteiger partial charge in [-0.15, -0.1) is 0 Å². The lowest BCUT2D eigenvalue weighted by atomic mass is 9.78. The van der Waals surface area contributed by atoms with E-state index in [0.29, 0.717) is 17.3 Å². The van der Waals surface area contributed by atoms with Crippen molar-refractivity contribution in [2.24, 2.45) is 0 Å². The molecule has 0 bridgehead atoms. The van der Waals surface area contributed by atoms with E-state index in [0.717, 1.165) is 16.5 Å². The maximum atomic E-state index is 12.9. The van der Waals surface area contributed by atoms with Crippen molar-refractivity contribution < 1.29 is 28.7 Å². The molecule has 162 valence electrons. The average Bonchev–Trinajstić information content (AvgIpc) is 3.08. The minimum absolute atomic E-state index is 0.145. The third-order valence-electron chi connectivity index (χ3n) is 5.97. The first kappa shape index (κ1) is 22.4. The monoisotopic (exact) mass is 415 g/mol. The second-order valence-electron chi connectivity index (χ2n) is 9.45. The van der Waals surface area contributed by atoms with Crippen molar-refractivity contribution in [1.82, 2.24) is 4.57 Å². The molecule has 0 aliphatic carbocycles. The highest BCUT2D eigenvalue weighted by Crippen LogP contribution is 2.36. The standard InChI is InChI=1S/C22H30BNO6/c1-8-11-20(2,3)28-19(27)24-16-10-9-15(12-14(16)13-17(24)18(25)26)23-29-21(4,5)22(6,7)30-23/h9-10,12-13H,8,11H2,1-7H3,(H,25,26). The molecule has 2 aromatic rings. The third kappa shape index (κ3) is 3.98. The number of rotatable bonds is 5. The quantitative estimate of drug-likeness (QED) is 0.737. The number of hydrogen-bond donors (Lipinski definition) is 1. The van der Waals surface area contributed by atoms with Gasteiger partial charge >= 0.3 is 19.2 Å². The van der Waals surface area contributed by atoms with Crippen molar-refractivity contribution in [3.8, 4) is 0 Å². The Balaban J connectivity index is 2.01. The lowest BCUT2D eigenvalue weighted by molar-refractivity contribution is 0.00578. The molecular weight excluding hydrogens is 385 g/mol. The Morgan fingerprint density at radius 2 is 1.73 bits per heavy atom. The molecule has 1 fully saturated rings. The van der Waals surface area contributed by atoms with Crippen LogP contribution in [0, 0.1) is 0 Å². The molecule has 0 radical (unpaired) electrons. The molecule has 0 unspecified atom stereocenters. The molecule has 0 amide bonds. The Labute approximate surface area is 177 Å². The molecular formula is C22H30BNO6. The summed E-state index contributed by atoms with van der Waals surface area (Å²) < 4.78 is 18.9. The molecule has 1 N–H and O–H groups in total. The van der Waals surface area contributed by atoms with Crippen molar-refractivity contribution in [3.05, 3.63) is 30.0 Å². The Kier molecular flexibility index (Phi) is 5.54. The highest BCUT2D eigenvalue weighted by Gasteiger charge is 2.51. The van der Waals surface area contributed by atoms with Crippen LogP contribution in [0.25, 0.3) is 10.9 Å². The highest BCUT2D eigenvalue weighted by atomic mass is 16.7. The lowest BCUT2D eigenvalue weighted by Gasteiger charge is -2.32. The largest absolute Gasteiger partial charge is 0.494 e. The zero-order valence-corrected chi connectivity index (χ0v) is 18.7. The van der Waals surface area contributed by atoms with E-state index in [4.69, 9.17) is 14.0 Å². The van der Waals surface area contributed by atoms with Crippen LogP contribution in [0.5, 0.6) is 0 Å². The van der Waals surface area contributed by atoms with Crippen LogP contribution in [0.3, 0.4) is 0 Å². The number of ether oxygens (including phenoxy) is 1. The molecule has 3 rings (SSSR count). The summed E-state index contributed by atoms with van der Waals surface area (Å²) in [5, 5.41) is 10.3. The fraction of sp³-hybridized carbons (Fsp3) is 0.545. The molecule has 1 aliphatic heterocycles. The first-order valence-corrected chi connectivity index (χ1v) is 10.3. The van der Waals surface area contributed by atoms with Gasteiger partial charge in [0.2, 0.25) is 0 Å². The van der Waals surface area contributed by atoms with Crippen LogP contribution < -0.4 is 5.46 Å². The number of aromatic carboxylic acids is 1. The van der Waals surface area contributed by atoms with Gasteiger partial charge in [0.1, 0.15) is 11.3 Å². The molecule has 0 atom stereocenters. The van der Waals surface area contributed by atoms with Crippen molar-refractivity contribution in [2.75, 3.05) is 0 Å². The van der Waals surface area contributed by atoms with Gasteiger partial charge in [-0.2, -0.15) is 0 Å². The molecule has 1 saturated heterocycles. The number of hydrogen-bond acceptors (Lipinski definition) is 5. The molecule has 30 heavy (non-hydrogen) atoms. The van der Waals surface area contributed by atoms with E-state index < -0.39 is 36.0 Å². The molecule has 0 spiro atoms. The van der Waals surface area contributed by atoms with Crippen LogP contribution >= 0.6 is 0 Å². The number of aromatic nitrogens is 1. The number of nitrogens with zero attached hydrogens (tertiary/aromatic N) is 1. The Bertz CT molecular complexity index is 975. The minimum atomic E-state index is -1.20. The average molecular weight is 415 g/mol. The molecule has 1 aromatic heterocycles. The van der Waals surface area contributed by atoms with Gasteiger partial charge in [0.05, 0.1) is 16.7 Å². The number of fused-ring (bicyclic) bond motifs is 1. The molecule has 7 nitrogen and oxygen atoms in total. The van der Waals surface area contributed by atoms with Crippen LogP contribution in [-0.2, 0) is 14.0 Å². The van der Waals surface area contributed by atoms with E-state index in [2.05, 4.69) is 0 Å². The topological polar surface area (TPSA) is 87.0 Å². The van der Waals surface area contributed by atoms with Gasteiger partial charge in [0.15, 0.2) is 0 Å². The van der Waals surface area contributed by atoms with Gasteiger partial charge < -0.3 is 19.2 Å². The summed E-state index contributed by atoms with van der Waals surface area (Å²) in [4.78, 5) is 24.7. The maximum absolute atomic E-state index is 12.9. The summed E-state index contributed by atoms with van der Waals surface area (Å²) in [5.41, 5.74) is -0.590. The summed E-state index contributed by atoms with van der Waals surface area (Å²) in [6.45, 7) is 13.5. The Morgan fingerprint density at radius 1 is 1.13 bits per heavy atom. The van der Waals surface area contributed by atoms with Crippen molar-refractivity contribution >= 4 is 35.5 Å². The summed E-state index contributed by atoms with van der Waals surface area (Å²) in [6.07, 6.45) is 0.812. The van der Waals surface area contributed by atoms with Crippen molar-refractivity contribution in [3.63, 3.8) is 0 Å². The Hall–Kier alpha value is -2.32. The van der Waals surface area contributed by atoms with E-state index >= 15 is 0 Å². The minimum Gasteiger partial charge on any atom is -0.477 e. The SMILES string of the molecule is CCCC(C)(C)OC(=O)n1c(C(=O)O)cc2cc(B3OC(C)(C)C(C)(C)O3)ccc21. The summed E-state index contributed by atoms with van der Waals surface area (Å²) in [5.74, 6) is -1.20. The lowest BCUT2D eigenvalue weighted by Crippen LogP contribution is -2.41. The van der Waals surface area contributed by atoms with Gasteiger partial charge in [-0.3, -0.25) is 0 Å². The van der Waals surface area contributed by atoms with Gasteiger partial charge in [0.25, 0.3) is 0 Å². The fourth-order valence-corrected chi connectivity index (χ4v) is 3.65. The molecule has 2 heterocycles. The summed E-state index contributed by atoms with van der Waals surface area (Å²) >= 11 is 0. The first-order chi connectivity index (χ1) is 13.8. The Morgan fingerprint density at radius 3 is 2.27 bits per heavy atom.